The Hall–Kier alpha value is -2.44. The third-order valence-electron chi connectivity index (χ3n) is 4.79. The quantitative estimate of drug-likeness (QED) is 0.875. The van der Waals surface area contributed by atoms with Crippen LogP contribution in [0, 0.1) is 5.41 Å². The molecule has 2 heterocycles. The standard InChI is InChI=1S/C17H22N2O5/c1-17(15(20)21)5-6-19(10-17)16(22)18-12-7-11-3-4-13(23-2)8-14(11)24-9-12/h3-4,8,12H,5-7,9-10H2,1-2H3,(H,18,22)(H,20,21). The number of likely N-dealkylation sites (tertiary alicyclic amines) is 1. The van der Waals surface area contributed by atoms with Crippen molar-refractivity contribution in [2.45, 2.75) is 25.8 Å². The van der Waals surface area contributed by atoms with E-state index in [0.29, 0.717) is 26.0 Å². The fraction of sp³-hybridized carbons (Fsp3) is 0.529. The predicted molar refractivity (Wildman–Crippen MR) is 86.4 cm³/mol. The van der Waals surface area contributed by atoms with Gasteiger partial charge in [-0.3, -0.25) is 4.79 Å². The summed E-state index contributed by atoms with van der Waals surface area (Å²) in [5.41, 5.74) is 0.160. The Morgan fingerprint density at radius 2 is 2.25 bits per heavy atom. The second-order valence-electron chi connectivity index (χ2n) is 6.67. The van der Waals surface area contributed by atoms with Crippen molar-refractivity contribution in [1.82, 2.24) is 10.2 Å². The van der Waals surface area contributed by atoms with Gasteiger partial charge < -0.3 is 24.8 Å². The molecule has 7 heteroatoms. The lowest BCUT2D eigenvalue weighted by Crippen LogP contribution is -2.49. The van der Waals surface area contributed by atoms with E-state index in [-0.39, 0.29) is 18.6 Å². The first-order chi connectivity index (χ1) is 11.4. The van der Waals surface area contributed by atoms with Gasteiger partial charge in [0.05, 0.1) is 18.6 Å². The van der Waals surface area contributed by atoms with E-state index in [4.69, 9.17) is 9.47 Å². The van der Waals surface area contributed by atoms with Crippen LogP contribution < -0.4 is 14.8 Å². The van der Waals surface area contributed by atoms with Crippen molar-refractivity contribution in [3.8, 4) is 11.5 Å². The average molecular weight is 334 g/mol. The molecule has 130 valence electrons. The fourth-order valence-corrected chi connectivity index (χ4v) is 3.15. The Balaban J connectivity index is 1.59. The number of amides is 2. The molecule has 1 saturated heterocycles. The summed E-state index contributed by atoms with van der Waals surface area (Å²) in [4.78, 5) is 25.2. The Kier molecular flexibility index (Phi) is 4.26. The van der Waals surface area contributed by atoms with E-state index < -0.39 is 11.4 Å². The van der Waals surface area contributed by atoms with Crippen molar-refractivity contribution in [3.63, 3.8) is 0 Å². The summed E-state index contributed by atoms with van der Waals surface area (Å²) in [5, 5.41) is 12.2. The van der Waals surface area contributed by atoms with Gasteiger partial charge >= 0.3 is 12.0 Å². The maximum Gasteiger partial charge on any atom is 0.317 e. The number of urea groups is 1. The molecule has 1 aromatic rings. The van der Waals surface area contributed by atoms with Crippen LogP contribution >= 0.6 is 0 Å². The van der Waals surface area contributed by atoms with E-state index >= 15 is 0 Å². The van der Waals surface area contributed by atoms with Crippen LogP contribution in [-0.2, 0) is 11.2 Å². The molecule has 2 unspecified atom stereocenters. The molecule has 3 rings (SSSR count). The van der Waals surface area contributed by atoms with Crippen molar-refractivity contribution < 1.29 is 24.2 Å². The number of ether oxygens (including phenoxy) is 2. The normalized spacial score (nSPS) is 25.6. The molecular weight excluding hydrogens is 312 g/mol. The lowest BCUT2D eigenvalue weighted by Gasteiger charge is -2.28. The van der Waals surface area contributed by atoms with Crippen molar-refractivity contribution in [1.29, 1.82) is 0 Å². The number of hydrogen-bond acceptors (Lipinski definition) is 4. The van der Waals surface area contributed by atoms with Crippen LogP contribution in [0.1, 0.15) is 18.9 Å². The summed E-state index contributed by atoms with van der Waals surface area (Å²) in [6, 6.07) is 5.28. The van der Waals surface area contributed by atoms with Gasteiger partial charge in [0.2, 0.25) is 0 Å². The number of hydrogen-bond donors (Lipinski definition) is 2. The van der Waals surface area contributed by atoms with E-state index in [9.17, 15) is 14.7 Å². The Morgan fingerprint density at radius 3 is 2.92 bits per heavy atom. The van der Waals surface area contributed by atoms with Crippen LogP contribution in [0.5, 0.6) is 11.5 Å². The van der Waals surface area contributed by atoms with Gasteiger partial charge in [-0.25, -0.2) is 4.79 Å². The number of carboxylic acids is 1. The Bertz CT molecular complexity index is 662. The minimum atomic E-state index is -0.860. The molecule has 0 aliphatic carbocycles. The van der Waals surface area contributed by atoms with Gasteiger partial charge in [-0.05, 0) is 31.4 Å². The lowest BCUT2D eigenvalue weighted by atomic mass is 9.90. The van der Waals surface area contributed by atoms with Gasteiger partial charge in [-0.1, -0.05) is 6.07 Å². The zero-order valence-electron chi connectivity index (χ0n) is 13.9. The molecule has 0 saturated carbocycles. The molecular formula is C17H22N2O5. The number of benzene rings is 1. The van der Waals surface area contributed by atoms with Crippen LogP contribution in [0.3, 0.4) is 0 Å². The minimum Gasteiger partial charge on any atom is -0.497 e. The zero-order chi connectivity index (χ0) is 17.3. The highest BCUT2D eigenvalue weighted by atomic mass is 16.5. The van der Waals surface area contributed by atoms with E-state index in [2.05, 4.69) is 5.32 Å². The van der Waals surface area contributed by atoms with Gasteiger partial charge in [-0.15, -0.1) is 0 Å². The molecule has 1 fully saturated rings. The molecule has 2 amide bonds. The first kappa shape index (κ1) is 16.4. The lowest BCUT2D eigenvalue weighted by molar-refractivity contribution is -0.147. The molecule has 2 N–H and O–H groups in total. The van der Waals surface area contributed by atoms with E-state index in [1.807, 2.05) is 18.2 Å². The largest absolute Gasteiger partial charge is 0.497 e. The van der Waals surface area contributed by atoms with Crippen LogP contribution in [0.25, 0.3) is 0 Å². The van der Waals surface area contributed by atoms with E-state index in [1.165, 1.54) is 0 Å². The molecule has 24 heavy (non-hydrogen) atoms. The first-order valence-electron chi connectivity index (χ1n) is 8.00. The highest BCUT2D eigenvalue weighted by Gasteiger charge is 2.42. The SMILES string of the molecule is COc1ccc2c(c1)OCC(NC(=O)N1CCC(C)(C(=O)O)C1)C2. The zero-order valence-corrected chi connectivity index (χ0v) is 13.9. The van der Waals surface area contributed by atoms with Crippen LogP contribution in [0.2, 0.25) is 0 Å². The number of carbonyl (C=O) groups is 2. The molecule has 2 atom stereocenters. The number of nitrogens with one attached hydrogen (secondary N) is 1. The Morgan fingerprint density at radius 1 is 1.46 bits per heavy atom. The predicted octanol–water partition coefficient (Wildman–Crippen LogP) is 1.50. The molecule has 2 aliphatic rings. The smallest absolute Gasteiger partial charge is 0.317 e. The summed E-state index contributed by atoms with van der Waals surface area (Å²) in [5.74, 6) is 0.655. The third-order valence-corrected chi connectivity index (χ3v) is 4.79. The topological polar surface area (TPSA) is 88.1 Å². The first-order valence-corrected chi connectivity index (χ1v) is 8.00. The van der Waals surface area contributed by atoms with Crippen molar-refractivity contribution >= 4 is 12.0 Å². The second kappa shape index (κ2) is 6.22. The number of aliphatic carboxylic acids is 1. The van der Waals surface area contributed by atoms with Crippen molar-refractivity contribution in [3.05, 3.63) is 23.8 Å². The maximum absolute atomic E-state index is 12.4. The summed E-state index contributed by atoms with van der Waals surface area (Å²) >= 11 is 0. The Labute approximate surface area is 140 Å². The monoisotopic (exact) mass is 334 g/mol. The van der Waals surface area contributed by atoms with Gasteiger partial charge in [0, 0.05) is 19.2 Å². The number of carboxylic acid groups (broad SMARTS) is 1. The second-order valence-corrected chi connectivity index (χ2v) is 6.67. The number of methoxy groups -OCH3 is 1. The summed E-state index contributed by atoms with van der Waals surface area (Å²) in [6.45, 7) is 2.75. The number of fused-ring (bicyclic) bond motifs is 1. The molecule has 0 radical (unpaired) electrons. The van der Waals surface area contributed by atoms with Gasteiger partial charge in [-0.2, -0.15) is 0 Å². The van der Waals surface area contributed by atoms with Crippen molar-refractivity contribution in [2.75, 3.05) is 26.8 Å². The average Bonchev–Trinajstić information content (AvgIpc) is 2.98. The third kappa shape index (κ3) is 3.11. The molecule has 0 spiro atoms. The molecule has 1 aromatic carbocycles. The van der Waals surface area contributed by atoms with Gasteiger partial charge in [0.25, 0.3) is 0 Å². The maximum atomic E-state index is 12.4. The van der Waals surface area contributed by atoms with Crippen LogP contribution in [0.15, 0.2) is 18.2 Å². The van der Waals surface area contributed by atoms with Crippen LogP contribution in [-0.4, -0.2) is 54.9 Å². The molecule has 0 aromatic heterocycles. The van der Waals surface area contributed by atoms with E-state index in [1.54, 1.807) is 18.9 Å². The molecule has 2 aliphatic heterocycles. The summed E-state index contributed by atoms with van der Waals surface area (Å²) < 4.78 is 10.9. The van der Waals surface area contributed by atoms with E-state index in [0.717, 1.165) is 17.1 Å². The summed E-state index contributed by atoms with van der Waals surface area (Å²) in [6.07, 6.45) is 1.15. The van der Waals surface area contributed by atoms with Gasteiger partial charge in [0.15, 0.2) is 0 Å². The fourth-order valence-electron chi connectivity index (χ4n) is 3.15. The number of carbonyl (C=O) groups excluding carboxylic acids is 1. The highest BCUT2D eigenvalue weighted by molar-refractivity contribution is 5.79. The molecule has 7 nitrogen and oxygen atoms in total. The minimum absolute atomic E-state index is 0.130. The van der Waals surface area contributed by atoms with Gasteiger partial charge in [0.1, 0.15) is 18.1 Å². The number of rotatable bonds is 3. The molecule has 0 bridgehead atoms. The number of nitrogens with zero attached hydrogens (tertiary/aromatic N) is 1. The summed E-state index contributed by atoms with van der Waals surface area (Å²) in [7, 11) is 1.61. The van der Waals surface area contributed by atoms with Crippen LogP contribution in [0.4, 0.5) is 4.79 Å². The highest BCUT2D eigenvalue weighted by Crippen LogP contribution is 2.31. The van der Waals surface area contributed by atoms with Crippen molar-refractivity contribution in [2.24, 2.45) is 5.41 Å².